The average molecular weight is 314 g/mol. The number of para-hydroxylation sites is 1. The van der Waals surface area contributed by atoms with E-state index in [1.165, 1.54) is 4.90 Å². The molecule has 118 valence electrons. The van der Waals surface area contributed by atoms with Crippen LogP contribution in [-0.2, 0) is 9.59 Å². The summed E-state index contributed by atoms with van der Waals surface area (Å²) in [6.07, 6.45) is 1.81. The lowest BCUT2D eigenvalue weighted by Crippen LogP contribution is -2.34. The second kappa shape index (κ2) is 4.13. The Bertz CT molecular complexity index is 844. The van der Waals surface area contributed by atoms with Crippen LogP contribution in [0.3, 0.4) is 0 Å². The van der Waals surface area contributed by atoms with Crippen molar-refractivity contribution in [2.75, 3.05) is 13.1 Å². The number of H-pyrrole nitrogens is 1. The van der Waals surface area contributed by atoms with Crippen molar-refractivity contribution in [2.45, 2.75) is 6.42 Å². The molecule has 4 rings (SSSR count). The molecule has 1 aliphatic heterocycles. The van der Waals surface area contributed by atoms with Crippen LogP contribution in [0.2, 0.25) is 0 Å². The van der Waals surface area contributed by atoms with Gasteiger partial charge in [-0.1, -0.05) is 12.1 Å². The third-order valence-electron chi connectivity index (χ3n) is 5.24. The summed E-state index contributed by atoms with van der Waals surface area (Å²) in [6, 6.07) is 7.11. The van der Waals surface area contributed by atoms with E-state index in [2.05, 4.69) is 4.98 Å². The Morgan fingerprint density at radius 3 is 2.30 bits per heavy atom. The lowest BCUT2D eigenvalue weighted by molar-refractivity contribution is -0.151. The SMILES string of the molecule is O=C(c1cccc2cc[nH]c12)N1C[C@@]2(C(=O)O)C[C@@]2(C(=O)O)C1. The number of benzene rings is 1. The first kappa shape index (κ1) is 13.8. The summed E-state index contributed by atoms with van der Waals surface area (Å²) in [5.41, 5.74) is -1.60. The minimum absolute atomic E-state index is 0.0649. The molecule has 0 unspecified atom stereocenters. The van der Waals surface area contributed by atoms with Crippen LogP contribution in [0.1, 0.15) is 16.8 Å². The highest BCUT2D eigenvalue weighted by molar-refractivity contribution is 6.07. The number of piperidine rings is 1. The van der Waals surface area contributed by atoms with Crippen LogP contribution in [0, 0.1) is 10.8 Å². The molecule has 1 aliphatic carbocycles. The van der Waals surface area contributed by atoms with Gasteiger partial charge in [-0.05, 0) is 18.6 Å². The molecule has 1 saturated heterocycles. The number of carbonyl (C=O) groups is 3. The normalized spacial score (nSPS) is 28.6. The number of hydrogen-bond donors (Lipinski definition) is 3. The molecule has 0 bridgehead atoms. The first-order valence-corrected chi connectivity index (χ1v) is 7.23. The standard InChI is InChI=1S/C16H14N2O5/c19-12(10-3-1-2-9-4-5-17-11(9)10)18-7-15(13(20)21)6-16(15,8-18)14(22)23/h1-5,17H,6-8H2,(H,20,21)(H,22,23)/t15-,16+. The maximum atomic E-state index is 12.8. The molecule has 2 aromatic rings. The predicted octanol–water partition coefficient (Wildman–Crippen LogP) is 1.17. The number of hydrogen-bond acceptors (Lipinski definition) is 3. The van der Waals surface area contributed by atoms with Gasteiger partial charge in [-0.25, -0.2) is 0 Å². The van der Waals surface area contributed by atoms with Crippen molar-refractivity contribution < 1.29 is 24.6 Å². The number of aliphatic carboxylic acids is 2. The average Bonchev–Trinajstić information content (AvgIpc) is 2.88. The van der Waals surface area contributed by atoms with Crippen molar-refractivity contribution in [3.63, 3.8) is 0 Å². The molecule has 2 fully saturated rings. The largest absolute Gasteiger partial charge is 0.481 e. The highest BCUT2D eigenvalue weighted by Gasteiger charge is 2.81. The van der Waals surface area contributed by atoms with Crippen LogP contribution >= 0.6 is 0 Å². The zero-order chi connectivity index (χ0) is 16.4. The molecule has 0 radical (unpaired) electrons. The number of likely N-dealkylation sites (tertiary alicyclic amines) is 1. The number of nitrogens with one attached hydrogen (secondary N) is 1. The van der Waals surface area contributed by atoms with E-state index in [0.29, 0.717) is 11.1 Å². The number of carboxylic acids is 2. The molecule has 23 heavy (non-hydrogen) atoms. The van der Waals surface area contributed by atoms with E-state index in [4.69, 9.17) is 0 Å². The molecule has 7 heteroatoms. The highest BCUT2D eigenvalue weighted by Crippen LogP contribution is 2.68. The number of amides is 1. The second-order valence-electron chi connectivity index (χ2n) is 6.36. The topological polar surface area (TPSA) is 111 Å². The Morgan fingerprint density at radius 1 is 1.04 bits per heavy atom. The van der Waals surface area contributed by atoms with Crippen LogP contribution < -0.4 is 0 Å². The molecule has 1 aromatic carbocycles. The first-order chi connectivity index (χ1) is 10.9. The van der Waals surface area contributed by atoms with Gasteiger partial charge < -0.3 is 20.1 Å². The smallest absolute Gasteiger partial charge is 0.312 e. The van der Waals surface area contributed by atoms with Gasteiger partial charge in [0.1, 0.15) is 10.8 Å². The van der Waals surface area contributed by atoms with Crippen LogP contribution in [-0.4, -0.2) is 51.0 Å². The monoisotopic (exact) mass is 314 g/mol. The summed E-state index contributed by atoms with van der Waals surface area (Å²) in [7, 11) is 0. The number of nitrogens with zero attached hydrogens (tertiary/aromatic N) is 1. The lowest BCUT2D eigenvalue weighted by Gasteiger charge is -2.20. The van der Waals surface area contributed by atoms with Crippen LogP contribution in [0.4, 0.5) is 0 Å². The Balaban J connectivity index is 1.71. The molecule has 0 spiro atoms. The fourth-order valence-electron chi connectivity index (χ4n) is 3.87. The number of carbonyl (C=O) groups excluding carboxylic acids is 1. The Kier molecular flexibility index (Phi) is 2.48. The third-order valence-corrected chi connectivity index (χ3v) is 5.24. The van der Waals surface area contributed by atoms with Gasteiger partial charge in [0.05, 0.1) is 11.1 Å². The number of aromatic amines is 1. The summed E-state index contributed by atoms with van der Waals surface area (Å²) >= 11 is 0. The number of fused-ring (bicyclic) bond motifs is 2. The maximum absolute atomic E-state index is 12.8. The van der Waals surface area contributed by atoms with Crippen molar-refractivity contribution in [3.05, 3.63) is 36.0 Å². The van der Waals surface area contributed by atoms with Crippen LogP contribution in [0.25, 0.3) is 10.9 Å². The fourth-order valence-corrected chi connectivity index (χ4v) is 3.87. The van der Waals surface area contributed by atoms with Crippen molar-refractivity contribution in [1.29, 1.82) is 0 Å². The number of aromatic nitrogens is 1. The van der Waals surface area contributed by atoms with E-state index >= 15 is 0 Å². The summed E-state index contributed by atoms with van der Waals surface area (Å²) < 4.78 is 0. The van der Waals surface area contributed by atoms with Gasteiger partial charge in [0.15, 0.2) is 0 Å². The Morgan fingerprint density at radius 2 is 1.70 bits per heavy atom. The molecule has 2 aliphatic rings. The molecule has 1 amide bonds. The predicted molar refractivity (Wildman–Crippen MR) is 79.0 cm³/mol. The summed E-state index contributed by atoms with van der Waals surface area (Å²) in [5, 5.41) is 19.7. The van der Waals surface area contributed by atoms with Crippen molar-refractivity contribution >= 4 is 28.7 Å². The molecule has 1 saturated carbocycles. The molecule has 7 nitrogen and oxygen atoms in total. The summed E-state index contributed by atoms with van der Waals surface area (Å²) in [4.78, 5) is 40.2. The van der Waals surface area contributed by atoms with E-state index in [1.807, 2.05) is 12.1 Å². The molecule has 1 aromatic heterocycles. The minimum atomic E-state index is -1.35. The first-order valence-electron chi connectivity index (χ1n) is 7.23. The van der Waals surface area contributed by atoms with Crippen molar-refractivity contribution in [2.24, 2.45) is 10.8 Å². The van der Waals surface area contributed by atoms with Gasteiger partial charge in [-0.2, -0.15) is 0 Å². The molecule has 3 N–H and O–H groups in total. The van der Waals surface area contributed by atoms with Crippen LogP contribution in [0.5, 0.6) is 0 Å². The van der Waals surface area contributed by atoms with Gasteiger partial charge >= 0.3 is 11.9 Å². The van der Waals surface area contributed by atoms with E-state index in [0.717, 1.165) is 5.39 Å². The molecule has 2 atom stereocenters. The van der Waals surface area contributed by atoms with E-state index in [-0.39, 0.29) is 25.4 Å². The zero-order valence-corrected chi connectivity index (χ0v) is 12.1. The minimum Gasteiger partial charge on any atom is -0.481 e. The summed E-state index contributed by atoms with van der Waals surface area (Å²) in [6.45, 7) is -0.130. The Labute approximate surface area is 130 Å². The van der Waals surface area contributed by atoms with E-state index in [9.17, 15) is 24.6 Å². The maximum Gasteiger partial charge on any atom is 0.312 e. The zero-order valence-electron chi connectivity index (χ0n) is 12.1. The highest BCUT2D eigenvalue weighted by atomic mass is 16.4. The third kappa shape index (κ3) is 1.56. The molecule has 2 heterocycles. The van der Waals surface area contributed by atoms with E-state index < -0.39 is 22.8 Å². The van der Waals surface area contributed by atoms with Gasteiger partial charge in [-0.3, -0.25) is 14.4 Å². The van der Waals surface area contributed by atoms with Gasteiger partial charge in [0, 0.05) is 24.7 Å². The number of rotatable bonds is 3. The fraction of sp³-hybridized carbons (Fsp3) is 0.312. The van der Waals surface area contributed by atoms with Crippen molar-refractivity contribution in [1.82, 2.24) is 9.88 Å². The number of carboxylic acid groups (broad SMARTS) is 2. The molecular formula is C16H14N2O5. The van der Waals surface area contributed by atoms with Crippen LogP contribution in [0.15, 0.2) is 30.5 Å². The van der Waals surface area contributed by atoms with Crippen molar-refractivity contribution in [3.8, 4) is 0 Å². The Hall–Kier alpha value is -2.83. The van der Waals surface area contributed by atoms with E-state index in [1.54, 1.807) is 18.3 Å². The molecular weight excluding hydrogens is 300 g/mol. The van der Waals surface area contributed by atoms with Gasteiger partial charge in [0.2, 0.25) is 0 Å². The second-order valence-corrected chi connectivity index (χ2v) is 6.36. The van der Waals surface area contributed by atoms with Gasteiger partial charge in [-0.15, -0.1) is 0 Å². The quantitative estimate of drug-likeness (QED) is 0.787. The summed E-state index contributed by atoms with van der Waals surface area (Å²) in [5.74, 6) is -2.63. The lowest BCUT2D eigenvalue weighted by atomic mass is 9.97. The van der Waals surface area contributed by atoms with Gasteiger partial charge in [0.25, 0.3) is 5.91 Å².